The highest BCUT2D eigenvalue weighted by atomic mass is 79.9. The molecule has 0 aliphatic heterocycles. The molecule has 0 saturated carbocycles. The van der Waals surface area contributed by atoms with Gasteiger partial charge in [0, 0.05) is 10.4 Å². The second-order valence-electron chi connectivity index (χ2n) is 5.99. The first-order chi connectivity index (χ1) is 9.24. The lowest BCUT2D eigenvalue weighted by Crippen LogP contribution is -2.09. The minimum atomic E-state index is -0.262. The summed E-state index contributed by atoms with van der Waals surface area (Å²) >= 11 is 3.67. The number of rotatable bonds is 9. The molecule has 0 bridgehead atoms. The Kier molecular flexibility index (Phi) is 9.91. The molecule has 0 fully saturated rings. The Labute approximate surface area is 132 Å². The zero-order valence-corrected chi connectivity index (χ0v) is 15.1. The van der Waals surface area contributed by atoms with Crippen molar-refractivity contribution in [2.75, 3.05) is 6.61 Å². The van der Waals surface area contributed by atoms with Gasteiger partial charge in [0.1, 0.15) is 0 Å². The van der Waals surface area contributed by atoms with E-state index in [9.17, 15) is 4.79 Å². The zero-order chi connectivity index (χ0) is 15.6. The van der Waals surface area contributed by atoms with E-state index in [2.05, 4.69) is 42.8 Å². The van der Waals surface area contributed by atoms with E-state index in [0.717, 1.165) is 12.0 Å². The summed E-state index contributed by atoms with van der Waals surface area (Å²) < 4.78 is 5.12. The summed E-state index contributed by atoms with van der Waals surface area (Å²) in [7, 11) is 0. The van der Waals surface area contributed by atoms with Gasteiger partial charge in [0.15, 0.2) is 0 Å². The van der Waals surface area contributed by atoms with E-state index in [-0.39, 0.29) is 10.3 Å². The van der Waals surface area contributed by atoms with Gasteiger partial charge in [-0.15, -0.1) is 0 Å². The van der Waals surface area contributed by atoms with E-state index < -0.39 is 0 Å². The van der Waals surface area contributed by atoms with E-state index in [1.54, 1.807) is 0 Å². The molecule has 116 valence electrons. The number of allylic oxidation sites excluding steroid dienone is 3. The van der Waals surface area contributed by atoms with Gasteiger partial charge in [-0.2, -0.15) is 0 Å². The topological polar surface area (TPSA) is 26.3 Å². The van der Waals surface area contributed by atoms with Gasteiger partial charge in [0.2, 0.25) is 0 Å². The van der Waals surface area contributed by atoms with Crippen LogP contribution >= 0.6 is 15.9 Å². The van der Waals surface area contributed by atoms with Gasteiger partial charge in [0.05, 0.1) is 6.61 Å². The third kappa shape index (κ3) is 12.5. The summed E-state index contributed by atoms with van der Waals surface area (Å²) in [5, 5.41) is 0. The van der Waals surface area contributed by atoms with E-state index in [1.807, 2.05) is 19.9 Å². The largest absolute Gasteiger partial charge is 0.463 e. The van der Waals surface area contributed by atoms with Crippen molar-refractivity contribution in [1.29, 1.82) is 0 Å². The molecule has 1 atom stereocenters. The van der Waals surface area contributed by atoms with Crippen molar-refractivity contribution in [1.82, 2.24) is 0 Å². The second kappa shape index (κ2) is 10.2. The van der Waals surface area contributed by atoms with Crippen LogP contribution in [0.2, 0.25) is 0 Å². The quantitative estimate of drug-likeness (QED) is 0.241. The predicted octanol–water partition coefficient (Wildman–Crippen LogP) is 5.42. The number of halogens is 1. The minimum Gasteiger partial charge on any atom is -0.463 e. The van der Waals surface area contributed by atoms with E-state index in [0.29, 0.717) is 12.5 Å². The average molecular weight is 345 g/mol. The van der Waals surface area contributed by atoms with Gasteiger partial charge in [-0.25, -0.2) is 4.79 Å². The normalized spacial score (nSPS) is 14.6. The van der Waals surface area contributed by atoms with Gasteiger partial charge in [-0.1, -0.05) is 61.7 Å². The first kappa shape index (κ1) is 19.4. The van der Waals surface area contributed by atoms with Gasteiger partial charge in [0.25, 0.3) is 0 Å². The summed E-state index contributed by atoms with van der Waals surface area (Å²) in [6, 6.07) is 0. The second-order valence-corrected chi connectivity index (χ2v) is 8.14. The van der Waals surface area contributed by atoms with Crippen LogP contribution in [0, 0.1) is 5.92 Å². The van der Waals surface area contributed by atoms with Gasteiger partial charge in [-0.05, 0) is 38.2 Å². The lowest BCUT2D eigenvalue weighted by atomic mass is 9.97. The van der Waals surface area contributed by atoms with Crippen LogP contribution in [0.15, 0.2) is 23.8 Å². The Morgan fingerprint density at radius 2 is 2.05 bits per heavy atom. The summed E-state index contributed by atoms with van der Waals surface area (Å²) in [6.07, 6.45) is 10.4. The third-order valence-electron chi connectivity index (χ3n) is 3.02. The average Bonchev–Trinajstić information content (AvgIpc) is 2.27. The monoisotopic (exact) mass is 344 g/mol. The third-order valence-corrected chi connectivity index (χ3v) is 3.42. The molecular formula is C17H29BrO2. The molecule has 20 heavy (non-hydrogen) atoms. The Bertz CT molecular complexity index is 337. The van der Waals surface area contributed by atoms with Crippen LogP contribution in [-0.2, 0) is 9.53 Å². The van der Waals surface area contributed by atoms with Crippen molar-refractivity contribution in [3.63, 3.8) is 0 Å². The maximum Gasteiger partial charge on any atom is 0.330 e. The van der Waals surface area contributed by atoms with Crippen LogP contribution in [0.25, 0.3) is 0 Å². The minimum absolute atomic E-state index is 0.252. The smallest absolute Gasteiger partial charge is 0.330 e. The molecule has 0 saturated heterocycles. The number of carbonyl (C=O) groups is 1. The standard InChI is InChI=1S/C17H29BrO2/c1-6-20-16(19)13-15(3)10-7-9-14(2)11-8-12-17(4,5)18/h7,10,13-14H,6,8-9,11-12H2,1-5H3/b10-7+,15-13?. The highest BCUT2D eigenvalue weighted by molar-refractivity contribution is 9.10. The molecule has 0 radical (unpaired) electrons. The number of alkyl halides is 1. The van der Waals surface area contributed by atoms with E-state index >= 15 is 0 Å². The van der Waals surface area contributed by atoms with Crippen molar-refractivity contribution in [3.8, 4) is 0 Å². The fourth-order valence-corrected chi connectivity index (χ4v) is 2.17. The molecule has 0 N–H and O–H groups in total. The number of hydrogen-bond acceptors (Lipinski definition) is 2. The molecular weight excluding hydrogens is 316 g/mol. The Morgan fingerprint density at radius 3 is 2.60 bits per heavy atom. The van der Waals surface area contributed by atoms with Crippen LogP contribution < -0.4 is 0 Å². The van der Waals surface area contributed by atoms with E-state index in [4.69, 9.17) is 4.74 Å². The van der Waals surface area contributed by atoms with Gasteiger partial charge < -0.3 is 4.74 Å². The molecule has 0 amide bonds. The number of ether oxygens (including phenoxy) is 1. The maximum atomic E-state index is 11.2. The number of carbonyl (C=O) groups excluding carboxylic acids is 1. The molecule has 0 aliphatic rings. The Hall–Kier alpha value is -0.570. The molecule has 0 spiro atoms. The Morgan fingerprint density at radius 1 is 1.40 bits per heavy atom. The van der Waals surface area contributed by atoms with Crippen molar-refractivity contribution in [2.24, 2.45) is 5.92 Å². The molecule has 1 unspecified atom stereocenters. The van der Waals surface area contributed by atoms with Crippen molar-refractivity contribution in [3.05, 3.63) is 23.8 Å². The van der Waals surface area contributed by atoms with Crippen LogP contribution in [0.4, 0.5) is 0 Å². The fraction of sp³-hybridized carbons (Fsp3) is 0.706. The summed E-state index contributed by atoms with van der Waals surface area (Å²) in [4.78, 5) is 11.2. The zero-order valence-electron chi connectivity index (χ0n) is 13.5. The number of esters is 1. The molecule has 0 aliphatic carbocycles. The lowest BCUT2D eigenvalue weighted by molar-refractivity contribution is -0.137. The molecule has 0 aromatic carbocycles. The van der Waals surface area contributed by atoms with Gasteiger partial charge in [-0.3, -0.25) is 0 Å². The maximum absolute atomic E-state index is 11.2. The first-order valence-corrected chi connectivity index (χ1v) is 8.24. The van der Waals surface area contributed by atoms with Gasteiger partial charge >= 0.3 is 5.97 Å². The molecule has 2 nitrogen and oxygen atoms in total. The SMILES string of the molecule is CCOC(=O)C=C(C)/C=C/CC(C)CCCC(C)(C)Br. The number of hydrogen-bond donors (Lipinski definition) is 0. The fourth-order valence-electron chi connectivity index (χ4n) is 1.89. The first-order valence-electron chi connectivity index (χ1n) is 7.45. The Balaban J connectivity index is 3.96. The highest BCUT2D eigenvalue weighted by Crippen LogP contribution is 2.25. The highest BCUT2D eigenvalue weighted by Gasteiger charge is 2.12. The van der Waals surface area contributed by atoms with Crippen molar-refractivity contribution < 1.29 is 9.53 Å². The van der Waals surface area contributed by atoms with Crippen LogP contribution in [0.5, 0.6) is 0 Å². The lowest BCUT2D eigenvalue weighted by Gasteiger charge is -2.17. The summed E-state index contributed by atoms with van der Waals surface area (Å²) in [6.45, 7) is 10.9. The molecule has 0 aromatic rings. The predicted molar refractivity (Wildman–Crippen MR) is 90.2 cm³/mol. The molecule has 3 heteroatoms. The van der Waals surface area contributed by atoms with E-state index in [1.165, 1.54) is 25.3 Å². The van der Waals surface area contributed by atoms with Crippen LogP contribution in [0.1, 0.15) is 60.3 Å². The molecule has 0 rings (SSSR count). The van der Waals surface area contributed by atoms with Crippen LogP contribution in [-0.4, -0.2) is 16.9 Å². The van der Waals surface area contributed by atoms with Crippen molar-refractivity contribution >= 4 is 21.9 Å². The molecule has 0 aromatic heterocycles. The summed E-state index contributed by atoms with van der Waals surface area (Å²) in [5.41, 5.74) is 0.942. The van der Waals surface area contributed by atoms with Crippen molar-refractivity contribution in [2.45, 2.75) is 64.6 Å². The van der Waals surface area contributed by atoms with Crippen LogP contribution in [0.3, 0.4) is 0 Å². The summed E-state index contributed by atoms with van der Waals surface area (Å²) in [5.74, 6) is 0.416. The molecule has 0 heterocycles.